The molecule has 0 spiro atoms. The Balaban J connectivity index is 1.93. The Morgan fingerprint density at radius 2 is 0.791 bits per heavy atom. The highest BCUT2D eigenvalue weighted by atomic mass is 16.5. The van der Waals surface area contributed by atoms with Gasteiger partial charge in [0, 0.05) is 17.6 Å². The van der Waals surface area contributed by atoms with Crippen LogP contribution in [0.1, 0.15) is 200 Å². The van der Waals surface area contributed by atoms with Crippen molar-refractivity contribution in [2.24, 2.45) is 23.2 Å². The second kappa shape index (κ2) is 19.6. The molecule has 0 bridgehead atoms. The van der Waals surface area contributed by atoms with E-state index in [0.29, 0.717) is 23.3 Å². The zero-order valence-electron chi connectivity index (χ0n) is 28.5. The van der Waals surface area contributed by atoms with Crippen molar-refractivity contribution >= 4 is 5.97 Å². The van der Waals surface area contributed by atoms with Crippen LogP contribution in [-0.2, 0) is 9.53 Å². The summed E-state index contributed by atoms with van der Waals surface area (Å²) in [5.74, 6) is 1.12. The highest BCUT2D eigenvalue weighted by molar-refractivity contribution is 5.87. The van der Waals surface area contributed by atoms with Crippen molar-refractivity contribution in [2.45, 2.75) is 206 Å². The van der Waals surface area contributed by atoms with Gasteiger partial charge in [-0.3, -0.25) is 0 Å². The number of carbonyl (C=O) groups is 1. The number of carboxylic acid groups (broad SMARTS) is 1. The molecule has 3 saturated carbocycles. The van der Waals surface area contributed by atoms with Gasteiger partial charge in [-0.1, -0.05) is 135 Å². The van der Waals surface area contributed by atoms with E-state index >= 15 is 0 Å². The lowest BCUT2D eigenvalue weighted by Crippen LogP contribution is -2.51. The van der Waals surface area contributed by atoms with Crippen LogP contribution in [-0.4, -0.2) is 23.8 Å². The largest absolute Gasteiger partial charge is 0.478 e. The number of ether oxygens (including phenoxy) is 1. The highest BCUT2D eigenvalue weighted by Crippen LogP contribution is 2.61. The molecule has 0 aromatic heterocycles. The Bertz CT molecular complexity index is 714. The van der Waals surface area contributed by atoms with Gasteiger partial charge in [-0.15, -0.1) is 0 Å². The van der Waals surface area contributed by atoms with Gasteiger partial charge < -0.3 is 9.84 Å². The Hall–Kier alpha value is -0.830. The van der Waals surface area contributed by atoms with Gasteiger partial charge in [0.1, 0.15) is 0 Å². The van der Waals surface area contributed by atoms with E-state index in [-0.39, 0.29) is 11.5 Å². The molecule has 0 radical (unpaired) electrons. The minimum atomic E-state index is -0.673. The average molecular weight is 599 g/mol. The highest BCUT2D eigenvalue weighted by Gasteiger charge is 2.54. The van der Waals surface area contributed by atoms with E-state index < -0.39 is 5.97 Å². The average Bonchev–Trinajstić information content (AvgIpc) is 3.04. The van der Waals surface area contributed by atoms with Crippen molar-refractivity contribution in [1.82, 2.24) is 0 Å². The minimum absolute atomic E-state index is 0.00562. The maximum atomic E-state index is 13.2. The third kappa shape index (κ3) is 10.1. The third-order valence-corrected chi connectivity index (χ3v) is 12.5. The Morgan fingerprint density at radius 3 is 1.07 bits per heavy atom. The van der Waals surface area contributed by atoms with Crippen molar-refractivity contribution in [1.29, 1.82) is 0 Å². The van der Waals surface area contributed by atoms with Crippen molar-refractivity contribution in [3.05, 3.63) is 11.1 Å². The number of rotatable bonds is 6. The van der Waals surface area contributed by atoms with Crippen LogP contribution in [0, 0.1) is 23.2 Å². The zero-order chi connectivity index (χ0) is 30.2. The predicted molar refractivity (Wildman–Crippen MR) is 181 cm³/mol. The van der Waals surface area contributed by atoms with Crippen molar-refractivity contribution < 1.29 is 14.6 Å². The molecule has 3 heteroatoms. The minimum Gasteiger partial charge on any atom is -0.478 e. The summed E-state index contributed by atoms with van der Waals surface area (Å²) in [4.78, 5) is 13.2. The first-order valence-electron chi connectivity index (χ1n) is 19.7. The summed E-state index contributed by atoms with van der Waals surface area (Å²) >= 11 is 0. The van der Waals surface area contributed by atoms with E-state index in [1.165, 1.54) is 185 Å². The normalized spacial score (nSPS) is 27.5. The number of aliphatic carboxylic acids is 1. The summed E-state index contributed by atoms with van der Waals surface area (Å²) in [6.45, 7) is 2.81. The van der Waals surface area contributed by atoms with Crippen LogP contribution in [0.15, 0.2) is 11.1 Å². The van der Waals surface area contributed by atoms with Crippen molar-refractivity contribution in [3.8, 4) is 0 Å². The standard InChI is InChI=1S/C40H70O3/c1-33(39(41)42)38(37-31-23-24-32-43-37)40(34-25-17-11-5-2-6-12-18-26-34,35-27-19-13-7-3-8-14-20-28-35)36-29-21-15-9-4-10-16-22-30-36/h34-37H,2-32H2,1H3,(H,41,42). The van der Waals surface area contributed by atoms with E-state index in [0.717, 1.165) is 19.4 Å². The van der Waals surface area contributed by atoms with Crippen LogP contribution < -0.4 is 0 Å². The molecule has 1 atom stereocenters. The molecule has 4 fully saturated rings. The monoisotopic (exact) mass is 599 g/mol. The maximum Gasteiger partial charge on any atom is 0.331 e. The fourth-order valence-corrected chi connectivity index (χ4v) is 10.5. The third-order valence-electron chi connectivity index (χ3n) is 12.5. The fraction of sp³-hybridized carbons (Fsp3) is 0.925. The molecule has 1 heterocycles. The van der Waals surface area contributed by atoms with Crippen LogP contribution in [0.25, 0.3) is 0 Å². The molecule has 0 aromatic carbocycles. The molecule has 3 nitrogen and oxygen atoms in total. The molecule has 4 rings (SSSR count). The van der Waals surface area contributed by atoms with Gasteiger partial charge >= 0.3 is 5.97 Å². The summed E-state index contributed by atoms with van der Waals surface area (Å²) in [7, 11) is 0. The molecule has 1 saturated heterocycles. The zero-order valence-corrected chi connectivity index (χ0v) is 28.5. The molecule has 248 valence electrons. The summed E-state index contributed by atoms with van der Waals surface area (Å²) in [6.07, 6.45) is 39.8. The summed E-state index contributed by atoms with van der Waals surface area (Å²) in [5, 5.41) is 10.9. The van der Waals surface area contributed by atoms with E-state index in [2.05, 4.69) is 0 Å². The predicted octanol–water partition coefficient (Wildman–Crippen LogP) is 12.4. The van der Waals surface area contributed by atoms with Crippen LogP contribution in [0.4, 0.5) is 0 Å². The molecule has 0 aromatic rings. The van der Waals surface area contributed by atoms with Crippen molar-refractivity contribution in [3.63, 3.8) is 0 Å². The molecule has 1 aliphatic heterocycles. The van der Waals surface area contributed by atoms with Gasteiger partial charge in [0.25, 0.3) is 0 Å². The SMILES string of the molecule is CC(C(=O)O)=C(C1CCCCO1)C(C1CCCCCCCCC1)(C1CCCCCCCCC1)C1CCCCCCCCC1. The van der Waals surface area contributed by atoms with Gasteiger partial charge in [-0.2, -0.15) is 0 Å². The molecule has 4 aliphatic rings. The maximum absolute atomic E-state index is 13.2. The summed E-state index contributed by atoms with van der Waals surface area (Å²) in [5.41, 5.74) is 1.98. The van der Waals surface area contributed by atoms with E-state index in [1.54, 1.807) is 0 Å². The van der Waals surface area contributed by atoms with Gasteiger partial charge in [-0.05, 0) is 88.0 Å². The van der Waals surface area contributed by atoms with E-state index in [4.69, 9.17) is 4.74 Å². The fourth-order valence-electron chi connectivity index (χ4n) is 10.5. The van der Waals surface area contributed by atoms with E-state index in [9.17, 15) is 9.90 Å². The number of carboxylic acids is 1. The molecular formula is C40H70O3. The van der Waals surface area contributed by atoms with Crippen LogP contribution in [0.2, 0.25) is 0 Å². The molecule has 43 heavy (non-hydrogen) atoms. The second-order valence-electron chi connectivity index (χ2n) is 15.4. The lowest BCUT2D eigenvalue weighted by molar-refractivity contribution is -0.133. The van der Waals surface area contributed by atoms with Gasteiger partial charge in [0.15, 0.2) is 0 Å². The number of hydrogen-bond donors (Lipinski definition) is 1. The van der Waals surface area contributed by atoms with E-state index in [1.807, 2.05) is 6.92 Å². The smallest absolute Gasteiger partial charge is 0.331 e. The lowest BCUT2D eigenvalue weighted by Gasteiger charge is -2.56. The Morgan fingerprint density at radius 1 is 0.488 bits per heavy atom. The Kier molecular flexibility index (Phi) is 16.0. The van der Waals surface area contributed by atoms with Crippen LogP contribution >= 0.6 is 0 Å². The van der Waals surface area contributed by atoms with Gasteiger partial charge in [0.05, 0.1) is 6.10 Å². The molecule has 3 aliphatic carbocycles. The first-order valence-corrected chi connectivity index (χ1v) is 19.7. The first kappa shape index (κ1) is 35.0. The van der Waals surface area contributed by atoms with Gasteiger partial charge in [-0.25, -0.2) is 4.79 Å². The van der Waals surface area contributed by atoms with Crippen molar-refractivity contribution in [2.75, 3.05) is 6.61 Å². The topological polar surface area (TPSA) is 46.5 Å². The lowest BCUT2D eigenvalue weighted by atomic mass is 9.48. The van der Waals surface area contributed by atoms with Crippen LogP contribution in [0.3, 0.4) is 0 Å². The summed E-state index contributed by atoms with van der Waals surface area (Å²) in [6, 6.07) is 0. The summed E-state index contributed by atoms with van der Waals surface area (Å²) < 4.78 is 6.77. The first-order chi connectivity index (χ1) is 21.2. The quantitative estimate of drug-likeness (QED) is 0.309. The molecular weight excluding hydrogens is 528 g/mol. The Labute approximate surface area is 266 Å². The molecule has 1 N–H and O–H groups in total. The van der Waals surface area contributed by atoms with Gasteiger partial charge in [0.2, 0.25) is 0 Å². The molecule has 1 unspecified atom stereocenters. The molecule has 0 amide bonds. The van der Waals surface area contributed by atoms with Crippen LogP contribution in [0.5, 0.6) is 0 Å². The number of hydrogen-bond acceptors (Lipinski definition) is 2. The second-order valence-corrected chi connectivity index (χ2v) is 15.4.